The standard InChI is InChI=1S/C19H25NO3/c1-3-15-4-7-17(8-5-15)22-12-13-23-19-14-16(10-11-20)6-9-18(19)21-2/h4-9,14H,3,10-13,20H2,1-2H3. The molecule has 0 saturated heterocycles. The van der Waals surface area contributed by atoms with Gasteiger partial charge in [0.25, 0.3) is 0 Å². The number of aryl methyl sites for hydroxylation is 1. The van der Waals surface area contributed by atoms with Crippen molar-refractivity contribution >= 4 is 0 Å². The maximum atomic E-state index is 5.79. The number of methoxy groups -OCH3 is 1. The Balaban J connectivity index is 1.86. The van der Waals surface area contributed by atoms with E-state index in [0.29, 0.717) is 19.8 Å². The van der Waals surface area contributed by atoms with Gasteiger partial charge >= 0.3 is 0 Å². The summed E-state index contributed by atoms with van der Waals surface area (Å²) in [4.78, 5) is 0. The summed E-state index contributed by atoms with van der Waals surface area (Å²) >= 11 is 0. The highest BCUT2D eigenvalue weighted by molar-refractivity contribution is 5.43. The molecule has 0 aromatic heterocycles. The van der Waals surface area contributed by atoms with Crippen LogP contribution in [-0.4, -0.2) is 26.9 Å². The van der Waals surface area contributed by atoms with Crippen molar-refractivity contribution in [1.29, 1.82) is 0 Å². The third-order valence-electron chi connectivity index (χ3n) is 3.60. The summed E-state index contributed by atoms with van der Waals surface area (Å²) in [6.45, 7) is 3.69. The number of hydrogen-bond donors (Lipinski definition) is 1. The van der Waals surface area contributed by atoms with Gasteiger partial charge in [-0.05, 0) is 54.8 Å². The molecule has 4 nitrogen and oxygen atoms in total. The van der Waals surface area contributed by atoms with Crippen molar-refractivity contribution in [2.24, 2.45) is 5.73 Å². The number of hydrogen-bond acceptors (Lipinski definition) is 4. The van der Waals surface area contributed by atoms with Crippen LogP contribution in [0, 0.1) is 0 Å². The first-order valence-corrected chi connectivity index (χ1v) is 7.98. The van der Waals surface area contributed by atoms with E-state index in [2.05, 4.69) is 19.1 Å². The highest BCUT2D eigenvalue weighted by atomic mass is 16.5. The van der Waals surface area contributed by atoms with Crippen molar-refractivity contribution in [3.05, 3.63) is 53.6 Å². The zero-order chi connectivity index (χ0) is 16.5. The molecule has 0 bridgehead atoms. The second kappa shape index (κ2) is 9.06. The molecule has 0 aliphatic carbocycles. The Hall–Kier alpha value is -2.20. The quantitative estimate of drug-likeness (QED) is 0.722. The van der Waals surface area contributed by atoms with Gasteiger partial charge in [0.2, 0.25) is 0 Å². The topological polar surface area (TPSA) is 53.7 Å². The summed E-state index contributed by atoms with van der Waals surface area (Å²) in [5, 5.41) is 0. The first-order chi connectivity index (χ1) is 11.3. The Morgan fingerprint density at radius 1 is 0.870 bits per heavy atom. The molecule has 0 unspecified atom stereocenters. The van der Waals surface area contributed by atoms with E-state index in [1.165, 1.54) is 5.56 Å². The molecule has 0 heterocycles. The van der Waals surface area contributed by atoms with Crippen molar-refractivity contribution in [2.75, 3.05) is 26.9 Å². The number of rotatable bonds is 9. The zero-order valence-corrected chi connectivity index (χ0v) is 13.9. The van der Waals surface area contributed by atoms with Gasteiger partial charge in [-0.3, -0.25) is 0 Å². The lowest BCUT2D eigenvalue weighted by molar-refractivity contribution is 0.211. The van der Waals surface area contributed by atoms with Gasteiger partial charge < -0.3 is 19.9 Å². The Bertz CT molecular complexity index is 596. The molecule has 0 radical (unpaired) electrons. The highest BCUT2D eigenvalue weighted by Crippen LogP contribution is 2.28. The van der Waals surface area contributed by atoms with E-state index in [1.807, 2.05) is 30.3 Å². The maximum absolute atomic E-state index is 5.79. The molecule has 0 amide bonds. The van der Waals surface area contributed by atoms with Crippen LogP contribution in [0.1, 0.15) is 18.1 Å². The molecule has 2 N–H and O–H groups in total. The van der Waals surface area contributed by atoms with Crippen molar-refractivity contribution in [3.63, 3.8) is 0 Å². The van der Waals surface area contributed by atoms with Gasteiger partial charge in [-0.2, -0.15) is 0 Å². The van der Waals surface area contributed by atoms with Gasteiger partial charge in [0.1, 0.15) is 19.0 Å². The number of benzene rings is 2. The molecular weight excluding hydrogens is 290 g/mol. The van der Waals surface area contributed by atoms with Gasteiger partial charge in [0.15, 0.2) is 11.5 Å². The summed E-state index contributed by atoms with van der Waals surface area (Å²) in [6, 6.07) is 14.0. The monoisotopic (exact) mass is 315 g/mol. The van der Waals surface area contributed by atoms with Crippen LogP contribution in [0.4, 0.5) is 0 Å². The van der Waals surface area contributed by atoms with Crippen LogP contribution in [0.5, 0.6) is 17.2 Å². The summed E-state index contributed by atoms with van der Waals surface area (Å²) in [5.74, 6) is 2.30. The Morgan fingerprint density at radius 2 is 1.57 bits per heavy atom. The molecule has 124 valence electrons. The van der Waals surface area contributed by atoms with E-state index in [0.717, 1.165) is 35.7 Å². The molecule has 0 spiro atoms. The highest BCUT2D eigenvalue weighted by Gasteiger charge is 2.06. The molecule has 0 atom stereocenters. The largest absolute Gasteiger partial charge is 0.493 e. The molecule has 2 aromatic rings. The molecule has 2 aromatic carbocycles. The summed E-state index contributed by atoms with van der Waals surface area (Å²) in [5.41, 5.74) is 8.04. The minimum Gasteiger partial charge on any atom is -0.493 e. The van der Waals surface area contributed by atoms with Crippen LogP contribution in [-0.2, 0) is 12.8 Å². The van der Waals surface area contributed by atoms with Crippen molar-refractivity contribution in [2.45, 2.75) is 19.8 Å². The third kappa shape index (κ3) is 5.18. The lowest BCUT2D eigenvalue weighted by atomic mass is 10.1. The molecule has 0 fully saturated rings. The van der Waals surface area contributed by atoms with E-state index in [1.54, 1.807) is 7.11 Å². The second-order valence-electron chi connectivity index (χ2n) is 5.22. The average Bonchev–Trinajstić information content (AvgIpc) is 2.60. The van der Waals surface area contributed by atoms with Gasteiger partial charge in [-0.15, -0.1) is 0 Å². The molecular formula is C19H25NO3. The smallest absolute Gasteiger partial charge is 0.161 e. The Kier molecular flexibility index (Phi) is 6.76. The predicted molar refractivity (Wildman–Crippen MR) is 92.6 cm³/mol. The first-order valence-electron chi connectivity index (χ1n) is 7.98. The van der Waals surface area contributed by atoms with Crippen LogP contribution in [0.25, 0.3) is 0 Å². The fraction of sp³-hybridized carbons (Fsp3) is 0.368. The minimum absolute atomic E-state index is 0.456. The molecule has 23 heavy (non-hydrogen) atoms. The third-order valence-corrected chi connectivity index (χ3v) is 3.60. The lowest BCUT2D eigenvalue weighted by Gasteiger charge is -2.13. The van der Waals surface area contributed by atoms with E-state index < -0.39 is 0 Å². The van der Waals surface area contributed by atoms with E-state index in [-0.39, 0.29) is 0 Å². The summed E-state index contributed by atoms with van der Waals surface area (Å²) in [6.07, 6.45) is 1.85. The van der Waals surface area contributed by atoms with Crippen molar-refractivity contribution in [1.82, 2.24) is 0 Å². The lowest BCUT2D eigenvalue weighted by Crippen LogP contribution is -2.10. The average molecular weight is 315 g/mol. The predicted octanol–water partition coefficient (Wildman–Crippen LogP) is 3.22. The van der Waals surface area contributed by atoms with Crippen LogP contribution in [0.3, 0.4) is 0 Å². The number of ether oxygens (including phenoxy) is 3. The van der Waals surface area contributed by atoms with E-state index >= 15 is 0 Å². The van der Waals surface area contributed by atoms with E-state index in [9.17, 15) is 0 Å². The van der Waals surface area contributed by atoms with Gasteiger partial charge in [-0.25, -0.2) is 0 Å². The second-order valence-corrected chi connectivity index (χ2v) is 5.22. The SMILES string of the molecule is CCc1ccc(OCCOc2cc(CCN)ccc2OC)cc1. The van der Waals surface area contributed by atoms with Crippen molar-refractivity contribution in [3.8, 4) is 17.2 Å². The zero-order valence-electron chi connectivity index (χ0n) is 13.9. The van der Waals surface area contributed by atoms with Crippen molar-refractivity contribution < 1.29 is 14.2 Å². The molecule has 0 aliphatic heterocycles. The molecule has 2 rings (SSSR count). The van der Waals surface area contributed by atoms with Gasteiger partial charge in [0, 0.05) is 0 Å². The van der Waals surface area contributed by atoms with Crippen LogP contribution >= 0.6 is 0 Å². The minimum atomic E-state index is 0.456. The van der Waals surface area contributed by atoms with Crippen LogP contribution in [0.15, 0.2) is 42.5 Å². The summed E-state index contributed by atoms with van der Waals surface area (Å²) in [7, 11) is 1.64. The van der Waals surface area contributed by atoms with E-state index in [4.69, 9.17) is 19.9 Å². The Labute approximate surface area is 138 Å². The van der Waals surface area contributed by atoms with Gasteiger partial charge in [-0.1, -0.05) is 25.1 Å². The first kappa shape index (κ1) is 17.2. The van der Waals surface area contributed by atoms with Crippen LogP contribution in [0.2, 0.25) is 0 Å². The van der Waals surface area contributed by atoms with Crippen LogP contribution < -0.4 is 19.9 Å². The number of nitrogens with two attached hydrogens (primary N) is 1. The molecule has 4 heteroatoms. The maximum Gasteiger partial charge on any atom is 0.161 e. The fourth-order valence-corrected chi connectivity index (χ4v) is 2.29. The molecule has 0 aliphatic rings. The summed E-state index contributed by atoms with van der Waals surface area (Å²) < 4.78 is 16.8. The van der Waals surface area contributed by atoms with Gasteiger partial charge in [0.05, 0.1) is 7.11 Å². The fourth-order valence-electron chi connectivity index (χ4n) is 2.29. The Morgan fingerprint density at radius 3 is 2.22 bits per heavy atom. The molecule has 0 saturated carbocycles. The normalized spacial score (nSPS) is 10.4.